The van der Waals surface area contributed by atoms with E-state index in [4.69, 9.17) is 9.47 Å². The van der Waals surface area contributed by atoms with E-state index in [2.05, 4.69) is 19.2 Å². The van der Waals surface area contributed by atoms with E-state index in [1.54, 1.807) is 0 Å². The Balaban J connectivity index is 2.22. The number of hydrogen-bond donors (Lipinski definition) is 4. The molecule has 4 N–H and O–H groups in total. The van der Waals surface area contributed by atoms with Crippen LogP contribution < -0.4 is 5.32 Å². The Kier molecular flexibility index (Phi) is 18.0. The Morgan fingerprint density at radius 1 is 0.788 bits per heavy atom. The quantitative estimate of drug-likeness (QED) is 0.168. The van der Waals surface area contributed by atoms with Crippen molar-refractivity contribution < 1.29 is 29.6 Å². The van der Waals surface area contributed by atoms with Gasteiger partial charge in [0.2, 0.25) is 0 Å². The molecular weight excluding hydrogens is 422 g/mol. The first-order chi connectivity index (χ1) is 16.0. The Morgan fingerprint density at radius 2 is 1.27 bits per heavy atom. The number of rotatable bonds is 22. The first kappa shape index (κ1) is 30.3. The molecule has 1 aliphatic rings. The molecule has 5 atom stereocenters. The van der Waals surface area contributed by atoms with Crippen LogP contribution in [0.1, 0.15) is 117 Å². The highest BCUT2D eigenvalue weighted by Crippen LogP contribution is 2.25. The van der Waals surface area contributed by atoms with Gasteiger partial charge in [-0.3, -0.25) is 4.79 Å². The van der Waals surface area contributed by atoms with Crippen molar-refractivity contribution >= 4 is 5.97 Å². The molecule has 7 heteroatoms. The summed E-state index contributed by atoms with van der Waals surface area (Å²) in [4.78, 5) is 11.7. The van der Waals surface area contributed by atoms with Gasteiger partial charge in [0.05, 0.1) is 0 Å². The van der Waals surface area contributed by atoms with Crippen LogP contribution in [0.25, 0.3) is 0 Å². The number of aliphatic hydroxyl groups is 2. The van der Waals surface area contributed by atoms with Gasteiger partial charge in [-0.1, -0.05) is 104 Å². The van der Waals surface area contributed by atoms with Crippen molar-refractivity contribution in [3.05, 3.63) is 0 Å². The van der Waals surface area contributed by atoms with Crippen molar-refractivity contribution in [1.29, 1.82) is 0 Å². The molecule has 1 heterocycles. The molecule has 0 spiro atoms. The number of aliphatic hydroxyl groups excluding tert-OH is 2. The summed E-state index contributed by atoms with van der Waals surface area (Å²) >= 11 is 0. The SMILES string of the molecule is CCCCCCCCCCCCO[C@@H]1O[C@H]([C@H](NCCCCCCCC)C(=O)O)[C@H](O)[C@H]1O. The van der Waals surface area contributed by atoms with Gasteiger partial charge in [0.15, 0.2) is 6.29 Å². The molecule has 0 saturated carbocycles. The van der Waals surface area contributed by atoms with Gasteiger partial charge in [-0.2, -0.15) is 0 Å². The summed E-state index contributed by atoms with van der Waals surface area (Å²) in [5, 5.41) is 33.2. The molecule has 0 aromatic carbocycles. The topological polar surface area (TPSA) is 108 Å². The second-order valence-corrected chi connectivity index (χ2v) is 9.54. The first-order valence-corrected chi connectivity index (χ1v) is 13.6. The Bertz CT molecular complexity index is 478. The number of carboxylic acid groups (broad SMARTS) is 1. The Labute approximate surface area is 201 Å². The molecule has 0 amide bonds. The molecule has 33 heavy (non-hydrogen) atoms. The fourth-order valence-corrected chi connectivity index (χ4v) is 4.38. The van der Waals surface area contributed by atoms with Gasteiger partial charge in [0, 0.05) is 6.61 Å². The standard InChI is InChI=1S/C26H51NO6/c1-3-5-7-9-11-12-13-14-16-18-20-32-26-23(29)22(28)24(33-26)21(25(30)31)27-19-17-15-10-8-6-4-2/h21-24,26-29H,3-20H2,1-2H3,(H,30,31)/t21-,22+,23+,24+,26+/m0/s1. The van der Waals surface area contributed by atoms with Crippen molar-refractivity contribution in [3.8, 4) is 0 Å². The summed E-state index contributed by atoms with van der Waals surface area (Å²) in [7, 11) is 0. The van der Waals surface area contributed by atoms with Crippen LogP contribution in [-0.2, 0) is 14.3 Å². The summed E-state index contributed by atoms with van der Waals surface area (Å²) in [6.45, 7) is 5.38. The van der Waals surface area contributed by atoms with Gasteiger partial charge >= 0.3 is 5.97 Å². The van der Waals surface area contributed by atoms with Gasteiger partial charge in [0.1, 0.15) is 24.4 Å². The predicted molar refractivity (Wildman–Crippen MR) is 131 cm³/mol. The summed E-state index contributed by atoms with van der Waals surface area (Å²) < 4.78 is 11.3. The van der Waals surface area contributed by atoms with Gasteiger partial charge in [-0.15, -0.1) is 0 Å². The van der Waals surface area contributed by atoms with E-state index >= 15 is 0 Å². The molecule has 0 aromatic heterocycles. The van der Waals surface area contributed by atoms with E-state index in [1.165, 1.54) is 70.6 Å². The van der Waals surface area contributed by atoms with Crippen LogP contribution in [0.15, 0.2) is 0 Å². The van der Waals surface area contributed by atoms with E-state index in [0.717, 1.165) is 32.1 Å². The maximum atomic E-state index is 11.7. The minimum atomic E-state index is -1.29. The highest BCUT2D eigenvalue weighted by molar-refractivity contribution is 5.74. The fourth-order valence-electron chi connectivity index (χ4n) is 4.38. The second-order valence-electron chi connectivity index (χ2n) is 9.54. The highest BCUT2D eigenvalue weighted by Gasteiger charge is 2.48. The maximum Gasteiger partial charge on any atom is 0.323 e. The number of ether oxygens (including phenoxy) is 2. The highest BCUT2D eigenvalue weighted by atomic mass is 16.7. The zero-order valence-corrected chi connectivity index (χ0v) is 21.2. The zero-order valence-electron chi connectivity index (χ0n) is 21.2. The number of hydrogen-bond acceptors (Lipinski definition) is 6. The van der Waals surface area contributed by atoms with Gasteiger partial charge < -0.3 is 30.1 Å². The minimum Gasteiger partial charge on any atom is -0.480 e. The molecule has 0 aromatic rings. The van der Waals surface area contributed by atoms with Gasteiger partial charge in [0.25, 0.3) is 0 Å². The van der Waals surface area contributed by atoms with E-state index in [0.29, 0.717) is 13.2 Å². The van der Waals surface area contributed by atoms with Crippen LogP contribution in [0.3, 0.4) is 0 Å². The average Bonchev–Trinajstić information content (AvgIpc) is 3.07. The largest absolute Gasteiger partial charge is 0.480 e. The number of nitrogens with one attached hydrogen (secondary N) is 1. The summed E-state index contributed by atoms with van der Waals surface area (Å²) in [6.07, 6.45) is 14.4. The summed E-state index contributed by atoms with van der Waals surface area (Å²) in [5.41, 5.74) is 0. The van der Waals surface area contributed by atoms with Gasteiger partial charge in [-0.25, -0.2) is 0 Å². The lowest BCUT2D eigenvalue weighted by Gasteiger charge is -2.23. The van der Waals surface area contributed by atoms with Crippen molar-refractivity contribution in [2.45, 2.75) is 147 Å². The molecule has 0 bridgehead atoms. The molecule has 196 valence electrons. The summed E-state index contributed by atoms with van der Waals surface area (Å²) in [5.74, 6) is -1.09. The molecule has 7 nitrogen and oxygen atoms in total. The van der Waals surface area contributed by atoms with E-state index in [1.807, 2.05) is 0 Å². The Morgan fingerprint density at radius 3 is 1.79 bits per heavy atom. The lowest BCUT2D eigenvalue weighted by atomic mass is 10.0. The molecule has 1 rings (SSSR count). The fraction of sp³-hybridized carbons (Fsp3) is 0.962. The number of unbranched alkanes of at least 4 members (excludes halogenated alkanes) is 14. The third-order valence-electron chi connectivity index (χ3n) is 6.53. The smallest absolute Gasteiger partial charge is 0.323 e. The van der Waals surface area contributed by atoms with Crippen LogP contribution in [0.2, 0.25) is 0 Å². The number of carbonyl (C=O) groups is 1. The molecule has 1 fully saturated rings. The Hall–Kier alpha value is -0.730. The maximum absolute atomic E-state index is 11.7. The van der Waals surface area contributed by atoms with Crippen molar-refractivity contribution in [3.63, 3.8) is 0 Å². The minimum absolute atomic E-state index is 0.431. The third-order valence-corrected chi connectivity index (χ3v) is 6.53. The lowest BCUT2D eigenvalue weighted by molar-refractivity contribution is -0.174. The molecule has 0 unspecified atom stereocenters. The molecule has 1 aliphatic heterocycles. The zero-order chi connectivity index (χ0) is 24.3. The second kappa shape index (κ2) is 19.6. The van der Waals surface area contributed by atoms with E-state index < -0.39 is 36.6 Å². The predicted octanol–water partition coefficient (Wildman–Crippen LogP) is 4.77. The van der Waals surface area contributed by atoms with Crippen LogP contribution in [0, 0.1) is 0 Å². The van der Waals surface area contributed by atoms with Gasteiger partial charge in [-0.05, 0) is 19.4 Å². The van der Waals surface area contributed by atoms with Crippen molar-refractivity contribution in [2.24, 2.45) is 0 Å². The van der Waals surface area contributed by atoms with E-state index in [9.17, 15) is 20.1 Å². The average molecular weight is 474 g/mol. The van der Waals surface area contributed by atoms with E-state index in [-0.39, 0.29) is 0 Å². The molecular formula is C26H51NO6. The molecule has 0 aliphatic carbocycles. The summed E-state index contributed by atoms with van der Waals surface area (Å²) in [6, 6.07) is -1.07. The monoisotopic (exact) mass is 473 g/mol. The lowest BCUT2D eigenvalue weighted by Crippen LogP contribution is -2.51. The van der Waals surface area contributed by atoms with Crippen LogP contribution in [0.4, 0.5) is 0 Å². The molecule has 1 saturated heterocycles. The molecule has 0 radical (unpaired) electrons. The van der Waals surface area contributed by atoms with Crippen molar-refractivity contribution in [2.75, 3.05) is 13.2 Å². The third kappa shape index (κ3) is 13.1. The normalized spacial score (nSPS) is 23.8. The number of aliphatic carboxylic acids is 1. The van der Waals surface area contributed by atoms with Crippen LogP contribution in [-0.4, -0.2) is 65.1 Å². The van der Waals surface area contributed by atoms with Crippen LogP contribution in [0.5, 0.6) is 0 Å². The van der Waals surface area contributed by atoms with Crippen molar-refractivity contribution in [1.82, 2.24) is 5.32 Å². The first-order valence-electron chi connectivity index (χ1n) is 13.6. The number of carboxylic acids is 1. The van der Waals surface area contributed by atoms with Crippen LogP contribution >= 0.6 is 0 Å².